The Morgan fingerprint density at radius 2 is 0.554 bits per heavy atom. The first-order chi connectivity index (χ1) is 30.9. The third-order valence-electron chi connectivity index (χ3n) is 7.74. The van der Waals surface area contributed by atoms with Crippen molar-refractivity contribution < 1.29 is 159 Å². The molecule has 11 rings (SSSR count). The van der Waals surface area contributed by atoms with E-state index < -0.39 is 101 Å². The first-order valence-electron chi connectivity index (χ1n) is 18.5. The monoisotopic (exact) mass is 1010 g/mol. The SMILES string of the molecule is OB1OB2OB3OB(O)O[B@-]4(OB(O)O[B@@-]5(OB(O)OB(OB6OB(O)O[B@@-]7(OB(O)O[B@@-](O1)(O2)O7)O6)O5)O4)O3.[Cd+2].c1cc[nH+]cc1.c1cc[nH+]cc1.c1ccncc1.c1ccncc1. The summed E-state index contributed by atoms with van der Waals surface area (Å²) in [6.45, 7) is -15.7. The maximum absolute atomic E-state index is 10.2. The van der Waals surface area contributed by atoms with Gasteiger partial charge < -0.3 is 122 Å². The molecule has 4 atom stereocenters. The van der Waals surface area contributed by atoms with Crippen LogP contribution in [0.4, 0.5) is 0 Å². The van der Waals surface area contributed by atoms with Crippen molar-refractivity contribution in [3.8, 4) is 0 Å². The molecule has 4 aromatic rings. The van der Waals surface area contributed by atoms with Crippen LogP contribution in [-0.4, -0.2) is 141 Å². The number of aromatic nitrogens is 4. The maximum Gasteiger partial charge on any atom is 2.00 e. The molecule has 7 aliphatic rings. The molecule has 0 aliphatic carbocycles. The first-order valence-corrected chi connectivity index (χ1v) is 18.5. The van der Waals surface area contributed by atoms with E-state index in [9.17, 15) is 30.1 Å². The summed E-state index contributed by atoms with van der Waals surface area (Å²) in [5.74, 6) is 0. The van der Waals surface area contributed by atoms with E-state index in [1.54, 1.807) is 24.8 Å². The summed E-state index contributed by atoms with van der Waals surface area (Å²) in [6, 6.07) is 23.1. The molecule has 0 aromatic carbocycles. The number of aromatic amines is 2. The van der Waals surface area contributed by atoms with Gasteiger partial charge in [0.25, 0.3) is 0 Å². The Balaban J connectivity index is 0.000000225. The average Bonchev–Trinajstić information content (AvgIpc) is 3.24. The summed E-state index contributed by atoms with van der Waals surface area (Å²) in [7, 11) is -22.8. The second-order valence-electron chi connectivity index (χ2n) is 12.2. The van der Waals surface area contributed by atoms with Crippen LogP contribution in [0.15, 0.2) is 122 Å². The van der Waals surface area contributed by atoms with Crippen LogP contribution in [0.3, 0.4) is 0 Å². The van der Waals surface area contributed by atoms with Crippen LogP contribution in [0.5, 0.6) is 0 Å². The number of H-pyrrole nitrogens is 2. The van der Waals surface area contributed by atoms with Crippen LogP contribution in [0.2, 0.25) is 0 Å². The minimum atomic E-state index is -3.92. The molecule has 328 valence electrons. The zero-order valence-corrected chi connectivity index (χ0v) is 37.1. The summed E-state index contributed by atoms with van der Waals surface area (Å²) in [5, 5.41) is 60.7. The van der Waals surface area contributed by atoms with E-state index >= 15 is 0 Å². The van der Waals surface area contributed by atoms with Crippen LogP contribution in [-0.2, 0) is 119 Å². The minimum Gasteiger partial charge on any atom is -0.680 e. The molecular weight excluding hydrogens is 976 g/mol. The number of hydrogen-bond donors (Lipinski definition) is 6. The van der Waals surface area contributed by atoms with E-state index in [1.807, 2.05) is 97.6 Å². The van der Waals surface area contributed by atoms with E-state index in [0.29, 0.717) is 0 Å². The van der Waals surface area contributed by atoms with Gasteiger partial charge in [-0.1, -0.05) is 24.3 Å². The summed E-state index contributed by atoms with van der Waals surface area (Å²) < 4.78 is 101. The Morgan fingerprint density at radius 3 is 0.738 bits per heavy atom. The van der Waals surface area contributed by atoms with Gasteiger partial charge in [0.1, 0.15) is 0 Å². The van der Waals surface area contributed by atoms with Gasteiger partial charge in [0.2, 0.25) is 0 Å². The molecule has 45 heteroatoms. The Morgan fingerprint density at radius 1 is 0.308 bits per heavy atom. The molecule has 65 heavy (non-hydrogen) atoms. The molecule has 7 aliphatic heterocycles. The van der Waals surface area contributed by atoms with Gasteiger partial charge in [-0.25, -0.2) is 9.97 Å². The van der Waals surface area contributed by atoms with Crippen molar-refractivity contribution in [1.29, 1.82) is 0 Å². The molecule has 11 heterocycles. The Labute approximate surface area is 390 Å². The van der Waals surface area contributed by atoms with E-state index in [1.165, 1.54) is 0 Å². The molecule has 0 amide bonds. The smallest absolute Gasteiger partial charge is 0.680 e. The van der Waals surface area contributed by atoms with E-state index in [0.717, 1.165) is 0 Å². The van der Waals surface area contributed by atoms with Crippen LogP contribution in [0.1, 0.15) is 0 Å². The second kappa shape index (κ2) is 24.6. The van der Waals surface area contributed by atoms with Crippen molar-refractivity contribution in [3.63, 3.8) is 0 Å². The fourth-order valence-electron chi connectivity index (χ4n) is 5.31. The normalized spacial score (nSPS) is 28.0. The van der Waals surface area contributed by atoms with Gasteiger partial charge in [-0.05, 0) is 24.3 Å². The molecule has 4 spiro atoms. The van der Waals surface area contributed by atoms with Crippen molar-refractivity contribution >= 4 is 101 Å². The summed E-state index contributed by atoms with van der Waals surface area (Å²) in [5.41, 5.74) is 0. The molecule has 7 fully saturated rings. The fourth-order valence-corrected chi connectivity index (χ4v) is 5.31. The average molecular weight is 1000 g/mol. The molecule has 0 unspecified atom stereocenters. The zero-order chi connectivity index (χ0) is 44.9. The third kappa shape index (κ3) is 15.7. The van der Waals surface area contributed by atoms with Gasteiger partial charge >= 0.3 is 128 Å². The van der Waals surface area contributed by atoms with Crippen LogP contribution >= 0.6 is 0 Å². The van der Waals surface area contributed by atoms with Gasteiger partial charge in [0, 0.05) is 49.1 Å². The summed E-state index contributed by atoms with van der Waals surface area (Å²) in [4.78, 5) is 13.4. The van der Waals surface area contributed by atoms with Crippen molar-refractivity contribution in [3.05, 3.63) is 122 Å². The second-order valence-corrected chi connectivity index (χ2v) is 12.2. The molecule has 0 radical (unpaired) electrons. The third-order valence-corrected chi connectivity index (χ3v) is 7.74. The van der Waals surface area contributed by atoms with Gasteiger partial charge in [0.05, 0.1) is 0 Å². The van der Waals surface area contributed by atoms with Gasteiger partial charge in [-0.3, -0.25) is 9.97 Å². The van der Waals surface area contributed by atoms with E-state index in [-0.39, 0.29) is 27.3 Å². The topological polar surface area (TPSA) is 360 Å². The molecule has 30 nitrogen and oxygen atoms in total. The number of fused-ring (bicyclic) bond motifs is 4. The number of rotatable bonds is 0. The molecule has 7 saturated heterocycles. The first kappa shape index (κ1) is 51.8. The van der Waals surface area contributed by atoms with Crippen LogP contribution < -0.4 is 9.97 Å². The summed E-state index contributed by atoms with van der Waals surface area (Å²) >= 11 is 0. The van der Waals surface area contributed by atoms with E-state index in [4.69, 9.17) is 91.4 Å². The standard InChI is InChI=1S/4C5H5N.B14H6O26.Cd/c4*1-2-4-6-5-3-1;15-1-21-7-25-8-22-2(16)29-13(36-8)33-6(20)34-14(40-13)30-4(18)24-10(38-14)26-9-23-3(17)28-12(37-9)32-5(19)31-11(27-1,35-7)39-12;/h4*1-5H;15-20H;/q;;;;-4;+2/p+2/t;;;;11-,12+,13-,14+;. The largest absolute Gasteiger partial charge is 2.00 e. The quantitative estimate of drug-likeness (QED) is 0.0892. The van der Waals surface area contributed by atoms with Crippen molar-refractivity contribution in [2.75, 3.05) is 0 Å². The van der Waals surface area contributed by atoms with Crippen molar-refractivity contribution in [1.82, 2.24) is 9.97 Å². The zero-order valence-electron chi connectivity index (χ0n) is 33.1. The van der Waals surface area contributed by atoms with Crippen molar-refractivity contribution in [2.45, 2.75) is 0 Å². The number of pyridine rings is 4. The summed E-state index contributed by atoms with van der Waals surface area (Å²) in [6.07, 6.45) is 14.5. The Bertz CT molecular complexity index is 1570. The molecule has 4 aromatic heterocycles. The number of nitrogens with zero attached hydrogens (tertiary/aromatic N) is 2. The maximum atomic E-state index is 10.2. The van der Waals surface area contributed by atoms with Crippen LogP contribution in [0.25, 0.3) is 0 Å². The minimum absolute atomic E-state index is 0. The van der Waals surface area contributed by atoms with Gasteiger partial charge in [-0.15, -0.1) is 0 Å². The predicted molar refractivity (Wildman–Crippen MR) is 210 cm³/mol. The fraction of sp³-hybridized carbons (Fsp3) is 0. The Hall–Kier alpha value is -2.61. The molecule has 8 bridgehead atoms. The predicted octanol–water partition coefficient (Wildman–Crippen LogP) is -6.88. The Kier molecular flexibility index (Phi) is 19.6. The van der Waals surface area contributed by atoms with Gasteiger partial charge in [0.15, 0.2) is 24.8 Å². The molecule has 8 N–H and O–H groups in total. The van der Waals surface area contributed by atoms with Crippen molar-refractivity contribution in [2.24, 2.45) is 0 Å². The number of hydrogen-bond acceptors (Lipinski definition) is 28. The molecule has 0 saturated carbocycles. The van der Waals surface area contributed by atoms with Gasteiger partial charge in [-0.2, -0.15) is 0 Å². The number of nitrogens with one attached hydrogen (secondary N) is 2. The molecular formula is C20H28B14CdN4O26. The van der Waals surface area contributed by atoms with Crippen LogP contribution in [0, 0.1) is 0 Å². The van der Waals surface area contributed by atoms with E-state index in [2.05, 4.69) is 19.9 Å².